The van der Waals surface area contributed by atoms with E-state index in [4.69, 9.17) is 5.73 Å². The summed E-state index contributed by atoms with van der Waals surface area (Å²) in [4.78, 5) is 10.2. The van der Waals surface area contributed by atoms with Crippen LogP contribution < -0.4 is 5.73 Å². The van der Waals surface area contributed by atoms with Crippen molar-refractivity contribution >= 4 is 11.4 Å². The van der Waals surface area contributed by atoms with Gasteiger partial charge in [0.1, 0.15) is 5.82 Å². The maximum atomic E-state index is 12.9. The number of hydrogen-bond acceptors (Lipinski definition) is 3. The van der Waals surface area contributed by atoms with Gasteiger partial charge in [-0.05, 0) is 23.8 Å². The smallest absolute Gasteiger partial charge is 0.270 e. The van der Waals surface area contributed by atoms with E-state index in [2.05, 4.69) is 0 Å². The Bertz CT molecular complexity index is 584. The predicted molar refractivity (Wildman–Crippen MR) is 62.9 cm³/mol. The first-order valence-corrected chi connectivity index (χ1v) is 4.88. The molecule has 0 fully saturated rings. The first-order valence-electron chi connectivity index (χ1n) is 4.88. The number of nitrogens with two attached hydrogens (primary N) is 1. The highest BCUT2D eigenvalue weighted by molar-refractivity contribution is 5.77. The molecule has 0 unspecified atom stereocenters. The molecule has 2 aromatic rings. The molecule has 0 amide bonds. The number of rotatable bonds is 2. The average molecular weight is 232 g/mol. The van der Waals surface area contributed by atoms with Gasteiger partial charge in [-0.1, -0.05) is 12.1 Å². The van der Waals surface area contributed by atoms with Crippen LogP contribution in [0.3, 0.4) is 0 Å². The molecule has 5 heteroatoms. The van der Waals surface area contributed by atoms with E-state index in [0.29, 0.717) is 11.1 Å². The molecule has 2 aromatic carbocycles. The van der Waals surface area contributed by atoms with Gasteiger partial charge in [-0.3, -0.25) is 10.1 Å². The van der Waals surface area contributed by atoms with Crippen molar-refractivity contribution in [3.8, 4) is 11.1 Å². The van der Waals surface area contributed by atoms with Crippen molar-refractivity contribution in [1.82, 2.24) is 0 Å². The molecule has 2 rings (SSSR count). The van der Waals surface area contributed by atoms with E-state index < -0.39 is 10.7 Å². The highest BCUT2D eigenvalue weighted by Crippen LogP contribution is 2.28. The molecule has 4 nitrogen and oxygen atoms in total. The highest BCUT2D eigenvalue weighted by atomic mass is 19.1. The summed E-state index contributed by atoms with van der Waals surface area (Å²) in [5.74, 6) is -0.434. The summed E-state index contributed by atoms with van der Waals surface area (Å²) in [6.07, 6.45) is 0. The highest BCUT2D eigenvalue weighted by Gasteiger charge is 2.09. The number of non-ortho nitro benzene ring substituents is 1. The van der Waals surface area contributed by atoms with E-state index in [1.54, 1.807) is 12.1 Å². The monoisotopic (exact) mass is 232 g/mol. The summed E-state index contributed by atoms with van der Waals surface area (Å²) in [7, 11) is 0. The minimum atomic E-state index is -0.483. The summed E-state index contributed by atoms with van der Waals surface area (Å²) in [5, 5.41) is 10.6. The number of anilines is 1. The molecule has 0 aliphatic heterocycles. The van der Waals surface area contributed by atoms with Crippen LogP contribution in [0.5, 0.6) is 0 Å². The van der Waals surface area contributed by atoms with Gasteiger partial charge in [-0.25, -0.2) is 4.39 Å². The van der Waals surface area contributed by atoms with Gasteiger partial charge in [0.25, 0.3) is 5.69 Å². The second-order valence-corrected chi connectivity index (χ2v) is 3.54. The molecule has 0 saturated heterocycles. The molecule has 0 saturated carbocycles. The number of nitrogen functional groups attached to an aromatic ring is 1. The molecule has 0 atom stereocenters. The molecule has 0 aliphatic rings. The standard InChI is InChI=1S/C12H9FN2O2/c13-9-4-5-11(12(14)7-9)8-2-1-3-10(6-8)15(16)17/h1-7H,14H2. The lowest BCUT2D eigenvalue weighted by Gasteiger charge is -2.05. The van der Waals surface area contributed by atoms with Crippen molar-refractivity contribution in [3.63, 3.8) is 0 Å². The Morgan fingerprint density at radius 3 is 2.59 bits per heavy atom. The third-order valence-corrected chi connectivity index (χ3v) is 2.38. The maximum Gasteiger partial charge on any atom is 0.270 e. The first-order chi connectivity index (χ1) is 8.08. The van der Waals surface area contributed by atoms with E-state index in [0.717, 1.165) is 0 Å². The zero-order valence-electron chi connectivity index (χ0n) is 8.76. The number of nitrogens with zero attached hydrogens (tertiary/aromatic N) is 1. The number of nitro benzene ring substituents is 1. The third-order valence-electron chi connectivity index (χ3n) is 2.38. The molecule has 2 N–H and O–H groups in total. The SMILES string of the molecule is Nc1cc(F)ccc1-c1cccc([N+](=O)[O-])c1. The van der Waals surface area contributed by atoms with E-state index in [1.807, 2.05) is 0 Å². The minimum absolute atomic E-state index is 0.0220. The van der Waals surface area contributed by atoms with Crippen LogP contribution in [-0.2, 0) is 0 Å². The number of hydrogen-bond donors (Lipinski definition) is 1. The lowest BCUT2D eigenvalue weighted by Crippen LogP contribution is -1.92. The Morgan fingerprint density at radius 2 is 1.94 bits per heavy atom. The first kappa shape index (κ1) is 11.1. The van der Waals surface area contributed by atoms with Crippen molar-refractivity contribution in [2.24, 2.45) is 0 Å². The van der Waals surface area contributed by atoms with Crippen LogP contribution in [0.1, 0.15) is 0 Å². The largest absolute Gasteiger partial charge is 0.398 e. The Hall–Kier alpha value is -2.43. The maximum absolute atomic E-state index is 12.9. The van der Waals surface area contributed by atoms with Gasteiger partial charge in [-0.2, -0.15) is 0 Å². The van der Waals surface area contributed by atoms with Crippen molar-refractivity contribution in [3.05, 3.63) is 58.4 Å². The fourth-order valence-electron chi connectivity index (χ4n) is 1.58. The Labute approximate surface area is 96.6 Å². The zero-order valence-corrected chi connectivity index (χ0v) is 8.76. The molecule has 0 bridgehead atoms. The van der Waals surface area contributed by atoms with Gasteiger partial charge in [-0.15, -0.1) is 0 Å². The van der Waals surface area contributed by atoms with Gasteiger partial charge in [0.05, 0.1) is 4.92 Å². The van der Waals surface area contributed by atoms with E-state index >= 15 is 0 Å². The second kappa shape index (κ2) is 4.21. The predicted octanol–water partition coefficient (Wildman–Crippen LogP) is 2.98. The van der Waals surface area contributed by atoms with Crippen LogP contribution in [0.4, 0.5) is 15.8 Å². The molecule has 0 aromatic heterocycles. The van der Waals surface area contributed by atoms with E-state index in [-0.39, 0.29) is 11.4 Å². The fourth-order valence-corrected chi connectivity index (χ4v) is 1.58. The summed E-state index contributed by atoms with van der Waals surface area (Å²) >= 11 is 0. The van der Waals surface area contributed by atoms with E-state index in [9.17, 15) is 14.5 Å². The molecular formula is C12H9FN2O2. The normalized spacial score (nSPS) is 10.2. The van der Waals surface area contributed by atoms with Crippen LogP contribution >= 0.6 is 0 Å². The van der Waals surface area contributed by atoms with Gasteiger partial charge in [0.15, 0.2) is 0 Å². The van der Waals surface area contributed by atoms with Crippen molar-refractivity contribution in [2.45, 2.75) is 0 Å². The lowest BCUT2D eigenvalue weighted by molar-refractivity contribution is -0.384. The Morgan fingerprint density at radius 1 is 1.18 bits per heavy atom. The summed E-state index contributed by atoms with van der Waals surface area (Å²) in [6, 6.07) is 10.0. The Kier molecular flexibility index (Phi) is 2.74. The second-order valence-electron chi connectivity index (χ2n) is 3.54. The zero-order chi connectivity index (χ0) is 12.4. The number of halogens is 1. The van der Waals surface area contributed by atoms with Gasteiger partial charge in [0.2, 0.25) is 0 Å². The average Bonchev–Trinajstić information content (AvgIpc) is 2.29. The minimum Gasteiger partial charge on any atom is -0.398 e. The van der Waals surface area contributed by atoms with Crippen LogP contribution in [0.15, 0.2) is 42.5 Å². The van der Waals surface area contributed by atoms with Crippen LogP contribution in [0.25, 0.3) is 11.1 Å². The summed E-state index contributed by atoms with van der Waals surface area (Å²) in [6.45, 7) is 0. The molecule has 0 aliphatic carbocycles. The van der Waals surface area contributed by atoms with Crippen molar-refractivity contribution < 1.29 is 9.31 Å². The summed E-state index contributed by atoms with van der Waals surface area (Å²) < 4.78 is 12.9. The molecular weight excluding hydrogens is 223 g/mol. The quantitative estimate of drug-likeness (QED) is 0.491. The van der Waals surface area contributed by atoms with Crippen molar-refractivity contribution in [1.29, 1.82) is 0 Å². The van der Waals surface area contributed by atoms with Gasteiger partial charge >= 0.3 is 0 Å². The fraction of sp³-hybridized carbons (Fsp3) is 0. The molecule has 86 valence electrons. The number of nitro groups is 1. The molecule has 0 spiro atoms. The molecule has 0 radical (unpaired) electrons. The third kappa shape index (κ3) is 2.23. The number of benzene rings is 2. The van der Waals surface area contributed by atoms with Crippen LogP contribution in [0.2, 0.25) is 0 Å². The van der Waals surface area contributed by atoms with Gasteiger partial charge < -0.3 is 5.73 Å². The molecule has 0 heterocycles. The molecule has 17 heavy (non-hydrogen) atoms. The lowest BCUT2D eigenvalue weighted by atomic mass is 10.0. The summed E-state index contributed by atoms with van der Waals surface area (Å²) in [5.41, 5.74) is 7.08. The van der Waals surface area contributed by atoms with E-state index in [1.165, 1.54) is 30.3 Å². The van der Waals surface area contributed by atoms with Crippen LogP contribution in [-0.4, -0.2) is 4.92 Å². The topological polar surface area (TPSA) is 69.2 Å². The van der Waals surface area contributed by atoms with Crippen LogP contribution in [0, 0.1) is 15.9 Å². The Balaban J connectivity index is 2.53. The van der Waals surface area contributed by atoms with Crippen molar-refractivity contribution in [2.75, 3.05) is 5.73 Å². The van der Waals surface area contributed by atoms with Gasteiger partial charge in [0, 0.05) is 23.4 Å².